The molecule has 2 aromatic rings. The molecular weight excluding hydrogens is 390 g/mol. The van der Waals surface area contributed by atoms with Crippen LogP contribution in [0, 0.1) is 6.92 Å². The lowest BCUT2D eigenvalue weighted by Gasteiger charge is -2.14. The van der Waals surface area contributed by atoms with E-state index in [1.54, 1.807) is 18.2 Å². The van der Waals surface area contributed by atoms with Gasteiger partial charge in [0, 0.05) is 0 Å². The van der Waals surface area contributed by atoms with E-state index in [-0.39, 0.29) is 5.91 Å². The fourth-order valence-electron chi connectivity index (χ4n) is 2.56. The van der Waals surface area contributed by atoms with E-state index in [9.17, 15) is 4.79 Å². The Balaban J connectivity index is 1.95. The summed E-state index contributed by atoms with van der Waals surface area (Å²) in [6.45, 7) is 1.99. The van der Waals surface area contributed by atoms with Gasteiger partial charge in [0.05, 0.1) is 29.8 Å². The lowest BCUT2D eigenvalue weighted by atomic mass is 10.1. The third-order valence-corrected chi connectivity index (χ3v) is 5.42. The number of aryl methyl sites for hydroxylation is 1. The van der Waals surface area contributed by atoms with Crippen LogP contribution >= 0.6 is 35.6 Å². The minimum atomic E-state index is -0.158. The molecule has 7 heteroatoms. The van der Waals surface area contributed by atoms with Gasteiger partial charge in [-0.1, -0.05) is 53.3 Å². The SMILES string of the molecule is COc1cc(/C=C2\SC(=S)N(c3ccc(C)cc3)C2=O)cc(Cl)c1OC. The molecule has 1 saturated heterocycles. The Hall–Kier alpha value is -2.02. The van der Waals surface area contributed by atoms with Crippen molar-refractivity contribution in [1.82, 2.24) is 0 Å². The summed E-state index contributed by atoms with van der Waals surface area (Å²) in [5.41, 5.74) is 2.61. The van der Waals surface area contributed by atoms with E-state index in [0.717, 1.165) is 16.8 Å². The minimum Gasteiger partial charge on any atom is -0.493 e. The second kappa shape index (κ2) is 7.70. The van der Waals surface area contributed by atoms with Gasteiger partial charge in [0.15, 0.2) is 15.8 Å². The summed E-state index contributed by atoms with van der Waals surface area (Å²) in [4.78, 5) is 14.9. The molecule has 1 amide bonds. The van der Waals surface area contributed by atoms with E-state index in [4.69, 9.17) is 33.3 Å². The number of hydrogen-bond donors (Lipinski definition) is 0. The number of ether oxygens (including phenoxy) is 2. The molecule has 134 valence electrons. The van der Waals surface area contributed by atoms with Crippen molar-refractivity contribution in [3.63, 3.8) is 0 Å². The number of halogens is 1. The molecule has 0 unspecified atom stereocenters. The molecule has 0 atom stereocenters. The molecule has 0 saturated carbocycles. The summed E-state index contributed by atoms with van der Waals surface area (Å²) in [5, 5.41) is 0.409. The quantitative estimate of drug-likeness (QED) is 0.524. The number of anilines is 1. The van der Waals surface area contributed by atoms with Crippen LogP contribution in [0.25, 0.3) is 6.08 Å². The topological polar surface area (TPSA) is 38.8 Å². The third kappa shape index (κ3) is 3.58. The normalized spacial score (nSPS) is 15.7. The Morgan fingerprint density at radius 1 is 1.15 bits per heavy atom. The van der Waals surface area contributed by atoms with Gasteiger partial charge in [0.1, 0.15) is 0 Å². The minimum absolute atomic E-state index is 0.158. The first kappa shape index (κ1) is 18.8. The van der Waals surface area contributed by atoms with Crippen molar-refractivity contribution < 1.29 is 14.3 Å². The van der Waals surface area contributed by atoms with Crippen molar-refractivity contribution in [1.29, 1.82) is 0 Å². The Labute approximate surface area is 166 Å². The molecule has 1 aliphatic rings. The van der Waals surface area contributed by atoms with Crippen molar-refractivity contribution in [3.05, 3.63) is 57.5 Å². The van der Waals surface area contributed by atoms with Gasteiger partial charge in [0.25, 0.3) is 5.91 Å². The first-order valence-corrected chi connectivity index (χ1v) is 9.31. The molecule has 0 aliphatic carbocycles. The van der Waals surface area contributed by atoms with Gasteiger partial charge in [-0.15, -0.1) is 0 Å². The number of carbonyl (C=O) groups excluding carboxylic acids is 1. The highest BCUT2D eigenvalue weighted by atomic mass is 35.5. The number of rotatable bonds is 4. The smallest absolute Gasteiger partial charge is 0.270 e. The molecule has 26 heavy (non-hydrogen) atoms. The largest absolute Gasteiger partial charge is 0.493 e. The van der Waals surface area contributed by atoms with Crippen LogP contribution < -0.4 is 14.4 Å². The molecule has 0 aromatic heterocycles. The average Bonchev–Trinajstić information content (AvgIpc) is 2.89. The fraction of sp³-hybridized carbons (Fsp3) is 0.158. The van der Waals surface area contributed by atoms with Gasteiger partial charge in [-0.05, 0) is 42.8 Å². The van der Waals surface area contributed by atoms with E-state index >= 15 is 0 Å². The highest BCUT2D eigenvalue weighted by Crippen LogP contribution is 2.39. The zero-order chi connectivity index (χ0) is 18.8. The second-order valence-corrected chi connectivity index (χ2v) is 7.67. The summed E-state index contributed by atoms with van der Waals surface area (Å²) in [6, 6.07) is 11.2. The van der Waals surface area contributed by atoms with Crippen molar-refractivity contribution in [2.75, 3.05) is 19.1 Å². The second-order valence-electron chi connectivity index (χ2n) is 5.59. The van der Waals surface area contributed by atoms with Gasteiger partial charge in [-0.2, -0.15) is 0 Å². The van der Waals surface area contributed by atoms with E-state index < -0.39 is 0 Å². The monoisotopic (exact) mass is 405 g/mol. The predicted octanol–water partition coefficient (Wildman–Crippen LogP) is 5.07. The number of thioether (sulfide) groups is 1. The first-order chi connectivity index (χ1) is 12.4. The van der Waals surface area contributed by atoms with E-state index in [1.165, 1.54) is 30.9 Å². The molecule has 0 radical (unpaired) electrons. The number of methoxy groups -OCH3 is 2. The average molecular weight is 406 g/mol. The molecule has 2 aromatic carbocycles. The summed E-state index contributed by atoms with van der Waals surface area (Å²) in [5.74, 6) is 0.800. The van der Waals surface area contributed by atoms with Gasteiger partial charge in [-0.3, -0.25) is 9.69 Å². The summed E-state index contributed by atoms with van der Waals surface area (Å²) >= 11 is 12.9. The predicted molar refractivity (Wildman–Crippen MR) is 111 cm³/mol. The summed E-state index contributed by atoms with van der Waals surface area (Å²) in [6.07, 6.45) is 1.75. The van der Waals surface area contributed by atoms with Gasteiger partial charge >= 0.3 is 0 Å². The Morgan fingerprint density at radius 3 is 2.46 bits per heavy atom. The number of thiocarbonyl (C=S) groups is 1. The highest BCUT2D eigenvalue weighted by molar-refractivity contribution is 8.27. The van der Waals surface area contributed by atoms with Crippen molar-refractivity contribution in [2.45, 2.75) is 6.92 Å². The Bertz CT molecular complexity index is 910. The number of nitrogens with zero attached hydrogens (tertiary/aromatic N) is 1. The lowest BCUT2D eigenvalue weighted by Crippen LogP contribution is -2.27. The van der Waals surface area contributed by atoms with Crippen LogP contribution in [0.15, 0.2) is 41.3 Å². The molecular formula is C19H16ClNO3S2. The first-order valence-electron chi connectivity index (χ1n) is 7.70. The zero-order valence-corrected chi connectivity index (χ0v) is 16.8. The van der Waals surface area contributed by atoms with Gasteiger partial charge in [-0.25, -0.2) is 0 Å². The molecule has 4 nitrogen and oxygen atoms in total. The third-order valence-electron chi connectivity index (χ3n) is 3.84. The standard InChI is InChI=1S/C19H16ClNO3S2/c1-11-4-6-13(7-5-11)21-18(22)16(26-19(21)25)10-12-8-14(20)17(24-3)15(9-12)23-2/h4-10H,1-3H3/b16-10-. The number of benzene rings is 2. The van der Waals surface area contributed by atoms with Crippen LogP contribution in [0.4, 0.5) is 5.69 Å². The van der Waals surface area contributed by atoms with Crippen LogP contribution in [0.2, 0.25) is 5.02 Å². The molecule has 1 aliphatic heterocycles. The summed E-state index contributed by atoms with van der Waals surface area (Å²) in [7, 11) is 3.06. The van der Waals surface area contributed by atoms with Crippen LogP contribution in [0.3, 0.4) is 0 Å². The molecule has 0 bridgehead atoms. The van der Waals surface area contributed by atoms with Crippen molar-refractivity contribution in [2.24, 2.45) is 0 Å². The fourth-order valence-corrected chi connectivity index (χ4v) is 4.15. The zero-order valence-electron chi connectivity index (χ0n) is 14.4. The Morgan fingerprint density at radius 2 is 1.85 bits per heavy atom. The van der Waals surface area contributed by atoms with Crippen molar-refractivity contribution >= 4 is 57.6 Å². The van der Waals surface area contributed by atoms with Gasteiger partial charge in [0.2, 0.25) is 0 Å². The maximum absolute atomic E-state index is 12.8. The number of hydrogen-bond acceptors (Lipinski definition) is 5. The maximum Gasteiger partial charge on any atom is 0.270 e. The Kier molecular flexibility index (Phi) is 5.55. The van der Waals surface area contributed by atoms with Crippen LogP contribution in [0.1, 0.15) is 11.1 Å². The van der Waals surface area contributed by atoms with E-state index in [1.807, 2.05) is 31.2 Å². The number of amides is 1. The number of carbonyl (C=O) groups is 1. The maximum atomic E-state index is 12.8. The van der Waals surface area contributed by atoms with Crippen LogP contribution in [-0.4, -0.2) is 24.4 Å². The van der Waals surface area contributed by atoms with E-state index in [0.29, 0.717) is 25.7 Å². The molecule has 1 fully saturated rings. The molecule has 1 heterocycles. The molecule has 3 rings (SSSR count). The van der Waals surface area contributed by atoms with E-state index in [2.05, 4.69) is 0 Å². The van der Waals surface area contributed by atoms with Crippen molar-refractivity contribution in [3.8, 4) is 11.5 Å². The lowest BCUT2D eigenvalue weighted by molar-refractivity contribution is -0.113. The molecule has 0 N–H and O–H groups in total. The van der Waals surface area contributed by atoms with Crippen LogP contribution in [-0.2, 0) is 4.79 Å². The summed E-state index contributed by atoms with van der Waals surface area (Å²) < 4.78 is 11.0. The van der Waals surface area contributed by atoms with Crippen LogP contribution in [0.5, 0.6) is 11.5 Å². The highest BCUT2D eigenvalue weighted by Gasteiger charge is 2.33. The van der Waals surface area contributed by atoms with Gasteiger partial charge < -0.3 is 9.47 Å². The molecule has 0 spiro atoms.